The van der Waals surface area contributed by atoms with Crippen LogP contribution in [0.25, 0.3) is 0 Å². The maximum Gasteiger partial charge on any atom is -0.0137 e. The van der Waals surface area contributed by atoms with E-state index in [4.69, 9.17) is 0 Å². The number of rotatable bonds is 0. The molecule has 1 fully saturated rings. The van der Waals surface area contributed by atoms with Gasteiger partial charge in [0, 0.05) is 0 Å². The lowest BCUT2D eigenvalue weighted by Crippen LogP contribution is -2.30. The van der Waals surface area contributed by atoms with Gasteiger partial charge in [-0.25, -0.2) is 0 Å². The molecule has 2 aliphatic rings. The molecule has 0 saturated heterocycles. The number of hydrogen-bond acceptors (Lipinski definition) is 0. The van der Waals surface area contributed by atoms with Crippen molar-refractivity contribution in [1.29, 1.82) is 0 Å². The van der Waals surface area contributed by atoms with Gasteiger partial charge in [-0.05, 0) is 50.4 Å². The maximum atomic E-state index is 2.50. The minimum atomic E-state index is 0.839. The average molecular weight is 190 g/mol. The van der Waals surface area contributed by atoms with Crippen molar-refractivity contribution in [3.05, 3.63) is 23.3 Å². The first-order chi connectivity index (χ1) is 6.58. The van der Waals surface area contributed by atoms with Crippen molar-refractivity contribution in [2.45, 2.75) is 40.5 Å². The summed E-state index contributed by atoms with van der Waals surface area (Å²) in [5, 5.41) is 0. The van der Waals surface area contributed by atoms with E-state index in [2.05, 4.69) is 39.8 Å². The lowest BCUT2D eigenvalue weighted by molar-refractivity contribution is 0.182. The third kappa shape index (κ3) is 1.67. The molecular weight excluding hydrogens is 168 g/mol. The molecule has 4 atom stereocenters. The summed E-state index contributed by atoms with van der Waals surface area (Å²) in [5.74, 6) is 3.51. The van der Waals surface area contributed by atoms with Gasteiger partial charge < -0.3 is 0 Å². The fourth-order valence-electron chi connectivity index (χ4n) is 3.19. The van der Waals surface area contributed by atoms with Gasteiger partial charge in [-0.15, -0.1) is 0 Å². The summed E-state index contributed by atoms with van der Waals surface area (Å²) in [6.07, 6.45) is 7.68. The lowest BCUT2D eigenvalue weighted by Gasteiger charge is -2.40. The van der Waals surface area contributed by atoms with Gasteiger partial charge in [0.25, 0.3) is 0 Å². The largest absolute Gasteiger partial charge is 0.0779 e. The molecule has 78 valence electrons. The summed E-state index contributed by atoms with van der Waals surface area (Å²) in [5.41, 5.74) is 3.10. The van der Waals surface area contributed by atoms with Crippen molar-refractivity contribution in [2.75, 3.05) is 0 Å². The van der Waals surface area contributed by atoms with Crippen molar-refractivity contribution in [3.8, 4) is 0 Å². The van der Waals surface area contributed by atoms with Crippen LogP contribution in [0.3, 0.4) is 0 Å². The van der Waals surface area contributed by atoms with Crippen molar-refractivity contribution in [3.63, 3.8) is 0 Å². The van der Waals surface area contributed by atoms with Crippen LogP contribution >= 0.6 is 0 Å². The molecule has 14 heavy (non-hydrogen) atoms. The molecule has 2 rings (SSSR count). The molecular formula is C14H22. The van der Waals surface area contributed by atoms with E-state index < -0.39 is 0 Å². The number of allylic oxidation sites excluding steroid dienone is 4. The Morgan fingerprint density at radius 2 is 1.71 bits per heavy atom. The fourth-order valence-corrected chi connectivity index (χ4v) is 3.19. The van der Waals surface area contributed by atoms with Gasteiger partial charge in [0.15, 0.2) is 0 Å². The molecule has 0 bridgehead atoms. The fraction of sp³-hybridized carbons (Fsp3) is 0.714. The van der Waals surface area contributed by atoms with Crippen molar-refractivity contribution in [2.24, 2.45) is 23.7 Å². The van der Waals surface area contributed by atoms with E-state index in [-0.39, 0.29) is 0 Å². The van der Waals surface area contributed by atoms with Gasteiger partial charge in [0.05, 0.1) is 0 Å². The van der Waals surface area contributed by atoms with Crippen LogP contribution in [0.4, 0.5) is 0 Å². The van der Waals surface area contributed by atoms with Crippen LogP contribution in [0, 0.1) is 23.7 Å². The second-order valence-corrected chi connectivity index (χ2v) is 5.50. The minimum absolute atomic E-state index is 0.839. The zero-order chi connectivity index (χ0) is 10.3. The Kier molecular flexibility index (Phi) is 2.55. The molecule has 0 N–H and O–H groups in total. The molecule has 2 aliphatic carbocycles. The van der Waals surface area contributed by atoms with Crippen LogP contribution < -0.4 is 0 Å². The Labute approximate surface area is 88.1 Å². The smallest absolute Gasteiger partial charge is 0.0137 e. The Bertz CT molecular complexity index is 282. The molecule has 0 spiro atoms. The Morgan fingerprint density at radius 3 is 2.43 bits per heavy atom. The highest BCUT2D eigenvalue weighted by molar-refractivity contribution is 5.29. The summed E-state index contributed by atoms with van der Waals surface area (Å²) in [7, 11) is 0. The zero-order valence-electron chi connectivity index (χ0n) is 9.88. The molecule has 0 heteroatoms. The Balaban J connectivity index is 2.21. The summed E-state index contributed by atoms with van der Waals surface area (Å²) >= 11 is 0. The molecule has 0 aromatic rings. The van der Waals surface area contributed by atoms with Gasteiger partial charge in [-0.2, -0.15) is 0 Å². The molecule has 4 unspecified atom stereocenters. The molecule has 0 amide bonds. The van der Waals surface area contributed by atoms with Gasteiger partial charge in [0.1, 0.15) is 0 Å². The van der Waals surface area contributed by atoms with Crippen LogP contribution in [0.2, 0.25) is 0 Å². The molecule has 0 radical (unpaired) electrons. The number of hydrogen-bond donors (Lipinski definition) is 0. The molecule has 0 aliphatic heterocycles. The summed E-state index contributed by atoms with van der Waals surface area (Å²) < 4.78 is 0. The molecule has 0 heterocycles. The van der Waals surface area contributed by atoms with Crippen molar-refractivity contribution in [1.82, 2.24) is 0 Å². The van der Waals surface area contributed by atoms with E-state index in [0.29, 0.717) is 0 Å². The highest BCUT2D eigenvalue weighted by Crippen LogP contribution is 2.44. The molecule has 0 nitrogen and oxygen atoms in total. The van der Waals surface area contributed by atoms with Crippen molar-refractivity contribution < 1.29 is 0 Å². The lowest BCUT2D eigenvalue weighted by atomic mass is 9.65. The maximum absolute atomic E-state index is 2.50. The quantitative estimate of drug-likeness (QED) is 0.537. The van der Waals surface area contributed by atoms with Crippen LogP contribution in [0.1, 0.15) is 40.5 Å². The predicted octanol–water partition coefficient (Wildman–Crippen LogP) is 4.19. The summed E-state index contributed by atoms with van der Waals surface area (Å²) in [6.45, 7) is 9.39. The van der Waals surface area contributed by atoms with E-state index in [1.165, 1.54) is 18.4 Å². The second kappa shape index (κ2) is 3.56. The zero-order valence-corrected chi connectivity index (χ0v) is 9.88. The minimum Gasteiger partial charge on any atom is -0.0779 e. The van der Waals surface area contributed by atoms with Crippen molar-refractivity contribution >= 4 is 0 Å². The average Bonchev–Trinajstić information content (AvgIpc) is 2.08. The normalized spacial score (nSPS) is 42.6. The van der Waals surface area contributed by atoms with E-state index in [9.17, 15) is 0 Å². The molecule has 0 aromatic heterocycles. The van der Waals surface area contributed by atoms with Gasteiger partial charge in [-0.1, -0.05) is 37.1 Å². The Hall–Kier alpha value is -0.520. The van der Waals surface area contributed by atoms with E-state index >= 15 is 0 Å². The predicted molar refractivity (Wildman–Crippen MR) is 62.1 cm³/mol. The van der Waals surface area contributed by atoms with Crippen LogP contribution in [0.15, 0.2) is 23.3 Å². The third-order valence-electron chi connectivity index (χ3n) is 4.28. The first kappa shape index (κ1) is 10.0. The first-order valence-corrected chi connectivity index (χ1v) is 5.94. The summed E-state index contributed by atoms with van der Waals surface area (Å²) in [6, 6.07) is 0. The monoisotopic (exact) mass is 190 g/mol. The SMILES string of the molecule is CC1=CC2CC(C)C(C)CC2C(C)=C1. The van der Waals surface area contributed by atoms with Gasteiger partial charge in [-0.3, -0.25) is 0 Å². The van der Waals surface area contributed by atoms with Crippen LogP contribution in [-0.2, 0) is 0 Å². The van der Waals surface area contributed by atoms with E-state index in [0.717, 1.165) is 23.7 Å². The van der Waals surface area contributed by atoms with Crippen LogP contribution in [0.5, 0.6) is 0 Å². The number of fused-ring (bicyclic) bond motifs is 1. The summed E-state index contributed by atoms with van der Waals surface area (Å²) in [4.78, 5) is 0. The first-order valence-electron chi connectivity index (χ1n) is 5.94. The molecule has 0 aromatic carbocycles. The topological polar surface area (TPSA) is 0 Å². The third-order valence-corrected chi connectivity index (χ3v) is 4.28. The standard InChI is InChI=1S/C14H22/c1-9-5-12(4)14-8-11(3)10(2)7-13(14)6-9/h5-6,10-11,13-14H,7-8H2,1-4H3. The Morgan fingerprint density at radius 1 is 1.07 bits per heavy atom. The van der Waals surface area contributed by atoms with E-state index in [1.807, 2.05) is 0 Å². The van der Waals surface area contributed by atoms with Gasteiger partial charge in [0.2, 0.25) is 0 Å². The highest BCUT2D eigenvalue weighted by Gasteiger charge is 2.33. The van der Waals surface area contributed by atoms with E-state index in [1.54, 1.807) is 5.57 Å². The van der Waals surface area contributed by atoms with Gasteiger partial charge >= 0.3 is 0 Å². The highest BCUT2D eigenvalue weighted by atomic mass is 14.4. The molecule has 1 saturated carbocycles. The van der Waals surface area contributed by atoms with Crippen LogP contribution in [-0.4, -0.2) is 0 Å². The second-order valence-electron chi connectivity index (χ2n) is 5.50.